The number of amides is 3. The molecule has 3 rings (SSSR count). The van der Waals surface area contributed by atoms with Crippen molar-refractivity contribution < 1.29 is 32.3 Å². The topological polar surface area (TPSA) is 181 Å². The fourth-order valence-electron chi connectivity index (χ4n) is 6.46. The number of carbonyl (C=O) groups is 4. The molecule has 2 aromatic rings. The van der Waals surface area contributed by atoms with Gasteiger partial charge < -0.3 is 20.7 Å². The molecule has 0 spiro atoms. The second-order valence-electron chi connectivity index (χ2n) is 14.2. The van der Waals surface area contributed by atoms with Gasteiger partial charge in [-0.3, -0.25) is 24.1 Å². The zero-order valence-corrected chi connectivity index (χ0v) is 33.4. The van der Waals surface area contributed by atoms with E-state index < -0.39 is 40.1 Å². The van der Waals surface area contributed by atoms with E-state index in [1.807, 2.05) is 44.4 Å². The summed E-state index contributed by atoms with van der Waals surface area (Å²) in [6.07, 6.45) is 6.40. The van der Waals surface area contributed by atoms with E-state index in [1.54, 1.807) is 0 Å². The van der Waals surface area contributed by atoms with Crippen LogP contribution in [-0.4, -0.2) is 85.2 Å². The molecule has 0 bridgehead atoms. The highest BCUT2D eigenvalue weighted by Gasteiger charge is 2.38. The second-order valence-corrected chi connectivity index (χ2v) is 16.7. The maximum atomic E-state index is 14.7. The summed E-state index contributed by atoms with van der Waals surface area (Å²) < 4.78 is 33.5. The van der Waals surface area contributed by atoms with E-state index in [4.69, 9.17) is 10.5 Å². The molecule has 52 heavy (non-hydrogen) atoms. The number of nitrogens with one attached hydrogen (secondary N) is 2. The number of likely N-dealkylation sites (N-methyl/N-ethyl adjacent to an activating group) is 1. The Balaban J connectivity index is 1.93. The number of benzene rings is 1. The minimum atomic E-state index is -4.21. The number of esters is 1. The van der Waals surface area contributed by atoms with E-state index in [-0.39, 0.29) is 46.7 Å². The number of sulfonamides is 1. The fourth-order valence-corrected chi connectivity index (χ4v) is 8.26. The molecule has 1 aromatic carbocycles. The summed E-state index contributed by atoms with van der Waals surface area (Å²) in [6, 6.07) is 3.96. The van der Waals surface area contributed by atoms with Gasteiger partial charge in [-0.1, -0.05) is 66.7 Å². The Morgan fingerprint density at radius 3 is 2.37 bits per heavy atom. The monoisotopic (exact) mass is 762 g/mol. The first-order valence-corrected chi connectivity index (χ1v) is 20.8. The summed E-state index contributed by atoms with van der Waals surface area (Å²) in [6.45, 7) is 12.7. The van der Waals surface area contributed by atoms with Gasteiger partial charge in [0.2, 0.25) is 11.8 Å². The van der Waals surface area contributed by atoms with E-state index in [9.17, 15) is 27.6 Å². The molecule has 2 heterocycles. The number of nitrogens with zero attached hydrogens (tertiary/aromatic N) is 3. The number of anilines is 1. The van der Waals surface area contributed by atoms with Crippen molar-refractivity contribution in [2.75, 3.05) is 25.9 Å². The Kier molecular flexibility index (Phi) is 16.5. The van der Waals surface area contributed by atoms with Crippen LogP contribution in [-0.2, 0) is 29.1 Å². The van der Waals surface area contributed by atoms with E-state index in [1.165, 1.54) is 36.6 Å². The van der Waals surface area contributed by atoms with Crippen molar-refractivity contribution in [1.82, 2.24) is 24.8 Å². The van der Waals surface area contributed by atoms with Crippen molar-refractivity contribution in [3.05, 3.63) is 40.3 Å². The summed E-state index contributed by atoms with van der Waals surface area (Å²) in [7, 11) is -2.26. The first-order valence-electron chi connectivity index (χ1n) is 18.5. The lowest BCUT2D eigenvalue weighted by Gasteiger charge is -2.40. The molecule has 4 N–H and O–H groups in total. The van der Waals surface area contributed by atoms with Crippen molar-refractivity contribution in [2.45, 2.75) is 128 Å². The fraction of sp³-hybridized carbons (Fsp3) is 0.649. The van der Waals surface area contributed by atoms with Gasteiger partial charge in [-0.25, -0.2) is 18.1 Å². The van der Waals surface area contributed by atoms with Gasteiger partial charge >= 0.3 is 5.97 Å². The van der Waals surface area contributed by atoms with Gasteiger partial charge in [0, 0.05) is 37.0 Å². The Morgan fingerprint density at radius 1 is 1.08 bits per heavy atom. The van der Waals surface area contributed by atoms with Gasteiger partial charge in [0.05, 0.1) is 10.9 Å². The Morgan fingerprint density at radius 2 is 1.77 bits per heavy atom. The van der Waals surface area contributed by atoms with Crippen LogP contribution in [0, 0.1) is 11.8 Å². The van der Waals surface area contributed by atoms with Crippen LogP contribution < -0.4 is 15.8 Å². The third-order valence-corrected chi connectivity index (χ3v) is 12.1. The molecule has 1 aliphatic heterocycles. The largest absolute Gasteiger partial charge is 0.455 e. The summed E-state index contributed by atoms with van der Waals surface area (Å²) >= 11 is 1.06. The lowest BCUT2D eigenvalue weighted by molar-refractivity contribution is -0.149. The number of nitrogen functional groups attached to an aromatic ring is 1. The molecule has 0 unspecified atom stereocenters. The Labute approximate surface area is 313 Å². The van der Waals surface area contributed by atoms with Crippen LogP contribution in [0.25, 0.3) is 0 Å². The molecule has 1 fully saturated rings. The minimum Gasteiger partial charge on any atom is -0.455 e. The number of rotatable bonds is 19. The molecule has 290 valence electrons. The lowest BCUT2D eigenvalue weighted by Crippen LogP contribution is -2.59. The zero-order chi connectivity index (χ0) is 38.6. The number of unbranched alkanes of at least 4 members (excludes halogenated alkanes) is 3. The van der Waals surface area contributed by atoms with Gasteiger partial charge in [-0.15, -0.1) is 11.3 Å². The number of hydrogen-bond acceptors (Lipinski definition) is 11. The molecule has 0 saturated carbocycles. The summed E-state index contributed by atoms with van der Waals surface area (Å²) in [5, 5.41) is 4.85. The van der Waals surface area contributed by atoms with E-state index in [0.717, 1.165) is 62.8 Å². The summed E-state index contributed by atoms with van der Waals surface area (Å²) in [5.41, 5.74) is 5.89. The minimum absolute atomic E-state index is 0.0845. The molecule has 0 radical (unpaired) electrons. The quantitative estimate of drug-likeness (QED) is 0.0967. The average Bonchev–Trinajstić information content (AvgIpc) is 3.59. The van der Waals surface area contributed by atoms with Crippen LogP contribution in [0.5, 0.6) is 0 Å². The van der Waals surface area contributed by atoms with E-state index in [0.29, 0.717) is 23.7 Å². The van der Waals surface area contributed by atoms with E-state index in [2.05, 4.69) is 22.1 Å². The van der Waals surface area contributed by atoms with Crippen LogP contribution >= 0.6 is 11.3 Å². The first kappa shape index (κ1) is 42.8. The molecular formula is C37H58N6O7S2. The standard InChI is InChI=1S/C37H58N6O7S2/c1-8-10-11-13-21-43(37(47)33(25(5)9-2)40-35(46)30-15-12-14-20-42(30)7)31(24(3)4)22-32(50-26(6)44)36-39-29(23-51-36)34(45)41-52(48,49)28-18-16-27(38)17-19-28/h16-19,23-25,30-33H,8-15,20-22,38H2,1-7H3,(H,40,46)(H,41,45)/t25-,30+,31+,32+,33-/m0/s1. The van der Waals surface area contributed by atoms with Gasteiger partial charge in [0.15, 0.2) is 6.10 Å². The number of piperidine rings is 1. The normalized spacial score (nSPS) is 17.5. The molecule has 1 aliphatic rings. The van der Waals surface area contributed by atoms with Gasteiger partial charge in [-0.05, 0) is 69.0 Å². The molecule has 1 saturated heterocycles. The molecule has 5 atom stereocenters. The first-order chi connectivity index (χ1) is 24.6. The molecule has 0 aliphatic carbocycles. The van der Waals surface area contributed by atoms with Gasteiger partial charge in [-0.2, -0.15) is 0 Å². The second kappa shape index (κ2) is 20.0. The predicted octanol–water partition coefficient (Wildman–Crippen LogP) is 5.29. The van der Waals surface area contributed by atoms with Gasteiger partial charge in [0.25, 0.3) is 15.9 Å². The third kappa shape index (κ3) is 12.0. The lowest BCUT2D eigenvalue weighted by atomic mass is 9.91. The van der Waals surface area contributed by atoms with Gasteiger partial charge in [0.1, 0.15) is 16.7 Å². The van der Waals surface area contributed by atoms with Crippen LogP contribution in [0.4, 0.5) is 5.69 Å². The summed E-state index contributed by atoms with van der Waals surface area (Å²) in [4.78, 5) is 62.0. The zero-order valence-electron chi connectivity index (χ0n) is 31.7. The molecule has 1 aromatic heterocycles. The molecule has 3 amide bonds. The maximum absolute atomic E-state index is 14.7. The van der Waals surface area contributed by atoms with Crippen LogP contribution in [0.15, 0.2) is 34.5 Å². The highest BCUT2D eigenvalue weighted by molar-refractivity contribution is 7.90. The summed E-state index contributed by atoms with van der Waals surface area (Å²) in [5.74, 6) is -2.04. The van der Waals surface area contributed by atoms with Crippen molar-refractivity contribution in [3.63, 3.8) is 0 Å². The SMILES string of the molecule is CCCCCCN(C(=O)[C@@H](NC(=O)[C@H]1CCCCN1C)[C@@H](C)CC)[C@H](C[C@@H](OC(C)=O)c1nc(C(=O)NS(=O)(=O)c2ccc(N)cc2)cs1)C(C)C. The van der Waals surface area contributed by atoms with Crippen LogP contribution in [0.2, 0.25) is 0 Å². The number of hydrogen-bond donors (Lipinski definition) is 3. The smallest absolute Gasteiger partial charge is 0.303 e. The average molecular weight is 763 g/mol. The van der Waals surface area contributed by atoms with E-state index >= 15 is 0 Å². The number of thiazole rings is 1. The highest BCUT2D eigenvalue weighted by Crippen LogP contribution is 2.32. The Bertz CT molecular complexity index is 1600. The maximum Gasteiger partial charge on any atom is 0.303 e. The molecule has 15 heteroatoms. The van der Waals surface area contributed by atoms with Crippen LogP contribution in [0.1, 0.15) is 121 Å². The molecule has 13 nitrogen and oxygen atoms in total. The van der Waals surface area contributed by atoms with Crippen molar-refractivity contribution in [3.8, 4) is 0 Å². The number of aromatic nitrogens is 1. The third-order valence-electron chi connectivity index (χ3n) is 9.77. The number of ether oxygens (including phenoxy) is 1. The number of carbonyl (C=O) groups excluding carboxylic acids is 4. The van der Waals surface area contributed by atoms with Crippen molar-refractivity contribution in [2.24, 2.45) is 11.8 Å². The Hall–Kier alpha value is -3.56. The highest BCUT2D eigenvalue weighted by atomic mass is 32.2. The molecular weight excluding hydrogens is 705 g/mol. The van der Waals surface area contributed by atoms with Crippen molar-refractivity contribution in [1.29, 1.82) is 0 Å². The number of nitrogens with two attached hydrogens (primary N) is 1. The predicted molar refractivity (Wildman–Crippen MR) is 203 cm³/mol. The van der Waals surface area contributed by atoms with Crippen molar-refractivity contribution >= 4 is 50.7 Å². The number of likely N-dealkylation sites (tertiary alicyclic amines) is 1. The van der Waals surface area contributed by atoms with Crippen LogP contribution in [0.3, 0.4) is 0 Å².